The van der Waals surface area contributed by atoms with Crippen molar-refractivity contribution in [3.05, 3.63) is 59.7 Å². The summed E-state index contributed by atoms with van der Waals surface area (Å²) in [7, 11) is 0. The maximum Gasteiger partial charge on any atom is 0.229 e. The van der Waals surface area contributed by atoms with Crippen molar-refractivity contribution in [2.24, 2.45) is 0 Å². The minimum Gasteiger partial charge on any atom is -0.310 e. The van der Waals surface area contributed by atoms with E-state index in [0.717, 1.165) is 17.6 Å². The van der Waals surface area contributed by atoms with E-state index in [1.165, 1.54) is 0 Å². The first-order valence-corrected chi connectivity index (χ1v) is 8.06. The lowest BCUT2D eigenvalue weighted by molar-refractivity contribution is -0.115. The minimum absolute atomic E-state index is 0.103. The summed E-state index contributed by atoms with van der Waals surface area (Å²) in [5, 5.41) is 2.97. The van der Waals surface area contributed by atoms with Crippen molar-refractivity contribution in [2.45, 2.75) is 26.7 Å². The van der Waals surface area contributed by atoms with Crippen molar-refractivity contribution >= 4 is 23.3 Å². The molecule has 0 fully saturated rings. The average molecular weight is 343 g/mol. The zero-order valence-corrected chi connectivity index (χ0v) is 14.4. The van der Waals surface area contributed by atoms with Crippen LogP contribution in [0.15, 0.2) is 54.4 Å². The number of aromatic nitrogens is 3. The Morgan fingerprint density at radius 3 is 2.75 bits per heavy atom. The molecule has 124 valence electrons. The van der Waals surface area contributed by atoms with Gasteiger partial charge in [0.25, 0.3) is 0 Å². The van der Waals surface area contributed by atoms with Crippen molar-refractivity contribution in [1.29, 1.82) is 0 Å². The number of nitrogens with one attached hydrogen (secondary N) is 1. The zero-order valence-electron chi connectivity index (χ0n) is 13.7. The van der Waals surface area contributed by atoms with E-state index >= 15 is 0 Å². The van der Waals surface area contributed by atoms with Gasteiger partial charge in [-0.15, -0.1) is 0 Å². The molecule has 0 spiro atoms. The number of pyridine rings is 1. The molecule has 0 saturated heterocycles. The molecular formula is C18H19ClN4O. The topological polar surface area (TPSA) is 67.8 Å². The molecule has 24 heavy (non-hydrogen) atoms. The lowest BCUT2D eigenvalue weighted by Gasteiger charge is -2.06. The van der Waals surface area contributed by atoms with Crippen LogP contribution < -0.4 is 5.32 Å². The van der Waals surface area contributed by atoms with E-state index in [1.807, 2.05) is 31.2 Å². The van der Waals surface area contributed by atoms with Gasteiger partial charge in [-0.1, -0.05) is 25.2 Å². The molecule has 2 rings (SSSR count). The van der Waals surface area contributed by atoms with Crippen molar-refractivity contribution in [2.75, 3.05) is 5.32 Å². The van der Waals surface area contributed by atoms with Crippen LogP contribution in [0.2, 0.25) is 5.28 Å². The molecule has 6 heteroatoms. The normalized spacial score (nSPS) is 11.7. The third kappa shape index (κ3) is 5.28. The van der Waals surface area contributed by atoms with Crippen LogP contribution in [0, 0.1) is 0 Å². The number of hydrogen-bond donors (Lipinski definition) is 1. The second kappa shape index (κ2) is 8.93. The summed E-state index contributed by atoms with van der Waals surface area (Å²) >= 11 is 5.78. The Hall–Kier alpha value is -2.53. The molecule has 0 saturated carbocycles. The molecule has 0 aliphatic carbocycles. The summed E-state index contributed by atoms with van der Waals surface area (Å²) in [5.74, 6) is 0.396. The fraction of sp³-hybridized carbons (Fsp3) is 0.222. The first-order chi connectivity index (χ1) is 11.6. The largest absolute Gasteiger partial charge is 0.310 e. The number of nitrogens with zero attached hydrogens (tertiary/aromatic N) is 3. The Kier molecular flexibility index (Phi) is 6.63. The molecule has 0 aromatic carbocycles. The van der Waals surface area contributed by atoms with Crippen molar-refractivity contribution in [3.8, 4) is 11.3 Å². The van der Waals surface area contributed by atoms with Crippen LogP contribution in [-0.2, 0) is 4.79 Å². The molecule has 5 nitrogen and oxygen atoms in total. The summed E-state index contributed by atoms with van der Waals surface area (Å²) in [6.45, 7) is 3.97. The zero-order chi connectivity index (χ0) is 17.4. The lowest BCUT2D eigenvalue weighted by atomic mass is 10.1. The van der Waals surface area contributed by atoms with E-state index in [4.69, 9.17) is 11.6 Å². The molecule has 2 aromatic heterocycles. The predicted octanol–water partition coefficient (Wildman–Crippen LogP) is 4.43. The average Bonchev–Trinajstić information content (AvgIpc) is 2.59. The minimum atomic E-state index is -0.103. The van der Waals surface area contributed by atoms with Crippen LogP contribution in [0.5, 0.6) is 0 Å². The monoisotopic (exact) mass is 342 g/mol. The second-order valence-corrected chi connectivity index (χ2v) is 5.38. The van der Waals surface area contributed by atoms with E-state index < -0.39 is 0 Å². The third-order valence-electron chi connectivity index (χ3n) is 3.26. The Bertz CT molecular complexity index is 754. The molecule has 0 aliphatic heterocycles. The number of carbonyl (C=O) groups is 1. The highest BCUT2D eigenvalue weighted by atomic mass is 35.5. The van der Waals surface area contributed by atoms with Gasteiger partial charge in [-0.2, -0.15) is 0 Å². The van der Waals surface area contributed by atoms with Crippen LogP contribution in [-0.4, -0.2) is 20.9 Å². The summed E-state index contributed by atoms with van der Waals surface area (Å²) in [4.78, 5) is 24.3. The van der Waals surface area contributed by atoms with Crippen LogP contribution in [0.25, 0.3) is 11.3 Å². The Balaban J connectivity index is 2.01. The highest BCUT2D eigenvalue weighted by Gasteiger charge is 2.06. The van der Waals surface area contributed by atoms with Gasteiger partial charge in [-0.3, -0.25) is 4.79 Å². The lowest BCUT2D eigenvalue weighted by Crippen LogP contribution is -2.12. The quantitative estimate of drug-likeness (QED) is 0.622. The number of halogens is 1. The van der Waals surface area contributed by atoms with Gasteiger partial charge < -0.3 is 5.32 Å². The predicted molar refractivity (Wildman–Crippen MR) is 96.7 cm³/mol. The Labute approximate surface area is 146 Å². The van der Waals surface area contributed by atoms with E-state index in [1.54, 1.807) is 24.5 Å². The molecule has 0 unspecified atom stereocenters. The number of anilines is 1. The SMILES string of the molecule is C/C=C(\C=C/CC)CC(=O)Nc1ccc(-c2ccnc(Cl)n2)cn1. The van der Waals surface area contributed by atoms with Gasteiger partial charge >= 0.3 is 0 Å². The number of carbonyl (C=O) groups excluding carboxylic acids is 1. The van der Waals surface area contributed by atoms with Gasteiger partial charge in [-0.05, 0) is 48.7 Å². The first kappa shape index (κ1) is 17.8. The number of amides is 1. The highest BCUT2D eigenvalue weighted by molar-refractivity contribution is 6.28. The molecule has 0 aliphatic rings. The van der Waals surface area contributed by atoms with E-state index in [0.29, 0.717) is 17.9 Å². The van der Waals surface area contributed by atoms with E-state index in [-0.39, 0.29) is 11.2 Å². The molecule has 0 atom stereocenters. The molecule has 0 radical (unpaired) electrons. The third-order valence-corrected chi connectivity index (χ3v) is 3.44. The maximum absolute atomic E-state index is 12.1. The van der Waals surface area contributed by atoms with Crippen LogP contribution in [0.1, 0.15) is 26.7 Å². The maximum atomic E-state index is 12.1. The van der Waals surface area contributed by atoms with E-state index in [9.17, 15) is 4.79 Å². The summed E-state index contributed by atoms with van der Waals surface area (Å²) in [5.41, 5.74) is 2.46. The number of rotatable bonds is 6. The molecule has 2 heterocycles. The highest BCUT2D eigenvalue weighted by Crippen LogP contribution is 2.18. The summed E-state index contributed by atoms with van der Waals surface area (Å²) < 4.78 is 0. The molecule has 1 N–H and O–H groups in total. The first-order valence-electron chi connectivity index (χ1n) is 7.69. The molecule has 0 bridgehead atoms. The van der Waals surface area contributed by atoms with E-state index in [2.05, 4.69) is 27.2 Å². The number of allylic oxidation sites excluding steroid dienone is 3. The van der Waals surface area contributed by atoms with Gasteiger partial charge in [0.15, 0.2) is 0 Å². The smallest absolute Gasteiger partial charge is 0.229 e. The second-order valence-electron chi connectivity index (χ2n) is 5.04. The fourth-order valence-corrected chi connectivity index (χ4v) is 2.16. The van der Waals surface area contributed by atoms with Crippen molar-refractivity contribution in [1.82, 2.24) is 15.0 Å². The van der Waals surface area contributed by atoms with Gasteiger partial charge in [-0.25, -0.2) is 15.0 Å². The molecular weight excluding hydrogens is 324 g/mol. The fourth-order valence-electron chi connectivity index (χ4n) is 2.01. The van der Waals surface area contributed by atoms with Crippen LogP contribution in [0.3, 0.4) is 0 Å². The van der Waals surface area contributed by atoms with Gasteiger partial charge in [0.2, 0.25) is 11.2 Å². The molecule has 2 aromatic rings. The van der Waals surface area contributed by atoms with Gasteiger partial charge in [0.05, 0.1) is 12.1 Å². The number of hydrogen-bond acceptors (Lipinski definition) is 4. The van der Waals surface area contributed by atoms with Gasteiger partial charge in [0, 0.05) is 18.0 Å². The van der Waals surface area contributed by atoms with Crippen LogP contribution in [0.4, 0.5) is 5.82 Å². The van der Waals surface area contributed by atoms with Crippen molar-refractivity contribution < 1.29 is 4.79 Å². The Morgan fingerprint density at radius 1 is 1.29 bits per heavy atom. The van der Waals surface area contributed by atoms with Crippen LogP contribution >= 0.6 is 11.6 Å². The summed E-state index contributed by atoms with van der Waals surface area (Å²) in [6, 6.07) is 5.31. The van der Waals surface area contributed by atoms with Crippen molar-refractivity contribution in [3.63, 3.8) is 0 Å². The van der Waals surface area contributed by atoms with Gasteiger partial charge in [0.1, 0.15) is 5.82 Å². The Morgan fingerprint density at radius 2 is 2.12 bits per heavy atom. The molecule has 1 amide bonds. The summed E-state index contributed by atoms with van der Waals surface area (Å²) in [6.07, 6.45) is 10.4. The standard InChI is InChI=1S/C18H19ClN4O/c1-3-5-6-13(4-2)11-17(24)23-16-8-7-14(12-21-16)15-9-10-20-18(19)22-15/h4-10,12H,3,11H2,1-2H3,(H,21,23,24)/b6-5-,13-4+.